The van der Waals surface area contributed by atoms with Gasteiger partial charge in [0.15, 0.2) is 5.82 Å². The van der Waals surface area contributed by atoms with E-state index >= 15 is 0 Å². The molecule has 0 saturated heterocycles. The van der Waals surface area contributed by atoms with E-state index in [1.165, 1.54) is 12.1 Å². The predicted molar refractivity (Wildman–Crippen MR) is 105 cm³/mol. The molecule has 0 radical (unpaired) electrons. The summed E-state index contributed by atoms with van der Waals surface area (Å²) in [7, 11) is 0. The molecule has 3 heterocycles. The Morgan fingerprint density at radius 3 is 2.66 bits per heavy atom. The Morgan fingerprint density at radius 1 is 1.07 bits per heavy atom. The molecule has 29 heavy (non-hydrogen) atoms. The Bertz CT molecular complexity index is 1050. The first-order chi connectivity index (χ1) is 14.1. The molecule has 1 aliphatic heterocycles. The Labute approximate surface area is 167 Å². The van der Waals surface area contributed by atoms with Gasteiger partial charge in [-0.05, 0) is 49.1 Å². The summed E-state index contributed by atoms with van der Waals surface area (Å²) in [6.07, 6.45) is 5.79. The fraction of sp³-hybridized carbons (Fsp3) is 0.238. The minimum Gasteiger partial charge on any atom is -0.347 e. The number of carbonyl (C=O) groups is 2. The third kappa shape index (κ3) is 4.01. The third-order valence-electron chi connectivity index (χ3n) is 4.86. The lowest BCUT2D eigenvalue weighted by Crippen LogP contribution is -2.25. The van der Waals surface area contributed by atoms with Crippen molar-refractivity contribution in [1.82, 2.24) is 19.9 Å². The van der Waals surface area contributed by atoms with Crippen molar-refractivity contribution in [2.75, 3.05) is 5.32 Å². The van der Waals surface area contributed by atoms with Gasteiger partial charge in [0.25, 0.3) is 11.8 Å². The number of pyridine rings is 1. The van der Waals surface area contributed by atoms with Gasteiger partial charge in [-0.1, -0.05) is 12.1 Å². The molecule has 1 aromatic carbocycles. The molecule has 3 aromatic rings. The molecule has 2 N–H and O–H groups in total. The lowest BCUT2D eigenvalue weighted by atomic mass is 10.1. The number of benzene rings is 1. The highest BCUT2D eigenvalue weighted by atomic mass is 19.1. The van der Waals surface area contributed by atoms with Gasteiger partial charge in [0.1, 0.15) is 11.5 Å². The number of fused-ring (bicyclic) bond motifs is 1. The molecule has 148 valence electrons. The van der Waals surface area contributed by atoms with Gasteiger partial charge in [0.2, 0.25) is 0 Å². The first-order valence-electron chi connectivity index (χ1n) is 9.46. The highest BCUT2D eigenvalue weighted by Gasteiger charge is 2.27. The van der Waals surface area contributed by atoms with E-state index in [-0.39, 0.29) is 23.1 Å². The standard InChI is InChI=1S/C21H20FN5O2/c22-15-5-1-2-6-16(15)25-21(29)19-26-18(17-7-3-4-12-27(17)19)20(28)24-13-14-8-10-23-11-9-14/h1-2,5-6,8-11H,3-4,7,12-13H2,(H,24,28)(H,25,29). The number of hydrogen-bond acceptors (Lipinski definition) is 4. The van der Waals surface area contributed by atoms with Crippen molar-refractivity contribution >= 4 is 17.5 Å². The normalized spacial score (nSPS) is 12.9. The average molecular weight is 393 g/mol. The summed E-state index contributed by atoms with van der Waals surface area (Å²) in [6.45, 7) is 0.935. The maximum absolute atomic E-state index is 13.9. The quantitative estimate of drug-likeness (QED) is 0.698. The number of nitrogens with one attached hydrogen (secondary N) is 2. The van der Waals surface area contributed by atoms with Crippen LogP contribution in [-0.4, -0.2) is 26.3 Å². The van der Waals surface area contributed by atoms with Crippen molar-refractivity contribution in [3.8, 4) is 0 Å². The number of carbonyl (C=O) groups excluding carboxylic acids is 2. The molecular formula is C21H20FN5O2. The number of amides is 2. The summed E-state index contributed by atoms with van der Waals surface area (Å²) in [4.78, 5) is 33.8. The molecule has 8 heteroatoms. The summed E-state index contributed by atoms with van der Waals surface area (Å²) in [5.74, 6) is -1.28. The Kier molecular flexibility index (Phi) is 5.33. The van der Waals surface area contributed by atoms with Gasteiger partial charge in [-0.3, -0.25) is 14.6 Å². The SMILES string of the molecule is O=C(NCc1ccncc1)c1nc(C(=O)Nc2ccccc2F)n2c1CCCC2. The fourth-order valence-corrected chi connectivity index (χ4v) is 3.41. The topological polar surface area (TPSA) is 88.9 Å². The summed E-state index contributed by atoms with van der Waals surface area (Å²) in [5, 5.41) is 5.39. The van der Waals surface area contributed by atoms with Crippen LogP contribution in [0.3, 0.4) is 0 Å². The van der Waals surface area contributed by atoms with Crippen LogP contribution >= 0.6 is 0 Å². The van der Waals surface area contributed by atoms with Crippen molar-refractivity contribution in [2.24, 2.45) is 0 Å². The minimum absolute atomic E-state index is 0.0781. The second-order valence-electron chi connectivity index (χ2n) is 6.81. The Hall–Kier alpha value is -3.55. The molecule has 0 saturated carbocycles. The molecule has 0 fully saturated rings. The van der Waals surface area contributed by atoms with E-state index in [1.54, 1.807) is 29.1 Å². The van der Waals surface area contributed by atoms with Crippen LogP contribution in [0.15, 0.2) is 48.8 Å². The first kappa shape index (κ1) is 18.8. The van der Waals surface area contributed by atoms with Crippen LogP contribution in [0.1, 0.15) is 45.2 Å². The molecule has 0 spiro atoms. The summed E-state index contributed by atoms with van der Waals surface area (Å²) in [5.41, 5.74) is 1.98. The van der Waals surface area contributed by atoms with E-state index in [9.17, 15) is 14.0 Å². The van der Waals surface area contributed by atoms with Crippen molar-refractivity contribution < 1.29 is 14.0 Å². The number of halogens is 1. The highest BCUT2D eigenvalue weighted by Crippen LogP contribution is 2.22. The molecule has 0 bridgehead atoms. The van der Waals surface area contributed by atoms with Gasteiger partial charge in [0.05, 0.1) is 11.4 Å². The fourth-order valence-electron chi connectivity index (χ4n) is 3.41. The van der Waals surface area contributed by atoms with Gasteiger partial charge in [-0.25, -0.2) is 9.37 Å². The highest BCUT2D eigenvalue weighted by molar-refractivity contribution is 6.03. The molecule has 0 atom stereocenters. The van der Waals surface area contributed by atoms with Crippen molar-refractivity contribution in [3.05, 3.63) is 77.4 Å². The van der Waals surface area contributed by atoms with Crippen LogP contribution in [0.5, 0.6) is 0 Å². The molecular weight excluding hydrogens is 373 g/mol. The monoisotopic (exact) mass is 393 g/mol. The zero-order valence-corrected chi connectivity index (χ0v) is 15.7. The zero-order chi connectivity index (χ0) is 20.2. The summed E-state index contributed by atoms with van der Waals surface area (Å²) in [6, 6.07) is 9.57. The molecule has 1 aliphatic rings. The van der Waals surface area contributed by atoms with Crippen LogP contribution in [-0.2, 0) is 19.5 Å². The summed E-state index contributed by atoms with van der Waals surface area (Å²) < 4.78 is 15.7. The van der Waals surface area contributed by atoms with Gasteiger partial charge >= 0.3 is 0 Å². The number of imidazole rings is 1. The van der Waals surface area contributed by atoms with Crippen molar-refractivity contribution in [1.29, 1.82) is 0 Å². The van der Waals surface area contributed by atoms with E-state index in [1.807, 2.05) is 12.1 Å². The van der Waals surface area contributed by atoms with Gasteiger partial charge in [-0.15, -0.1) is 0 Å². The second-order valence-corrected chi connectivity index (χ2v) is 6.81. The molecule has 4 rings (SSSR count). The van der Waals surface area contributed by atoms with Crippen LogP contribution in [0.25, 0.3) is 0 Å². The van der Waals surface area contributed by atoms with Gasteiger partial charge < -0.3 is 15.2 Å². The lowest BCUT2D eigenvalue weighted by Gasteiger charge is -2.17. The number of para-hydroxylation sites is 1. The maximum Gasteiger partial charge on any atom is 0.291 e. The van der Waals surface area contributed by atoms with Crippen molar-refractivity contribution in [2.45, 2.75) is 32.4 Å². The molecule has 2 amide bonds. The molecule has 7 nitrogen and oxygen atoms in total. The van der Waals surface area contributed by atoms with Gasteiger partial charge in [-0.2, -0.15) is 0 Å². The van der Waals surface area contributed by atoms with E-state index in [0.29, 0.717) is 19.5 Å². The number of nitrogens with zero attached hydrogens (tertiary/aromatic N) is 3. The number of anilines is 1. The lowest BCUT2D eigenvalue weighted by molar-refractivity contribution is 0.0945. The number of hydrogen-bond donors (Lipinski definition) is 2. The van der Waals surface area contributed by atoms with Gasteiger partial charge in [0, 0.05) is 25.5 Å². The van der Waals surface area contributed by atoms with Crippen molar-refractivity contribution in [3.63, 3.8) is 0 Å². The number of rotatable bonds is 5. The number of aromatic nitrogens is 3. The van der Waals surface area contributed by atoms with E-state index in [4.69, 9.17) is 0 Å². The van der Waals surface area contributed by atoms with E-state index in [2.05, 4.69) is 20.6 Å². The largest absolute Gasteiger partial charge is 0.347 e. The van der Waals surface area contributed by atoms with Crippen LogP contribution in [0.2, 0.25) is 0 Å². The van der Waals surface area contributed by atoms with E-state index < -0.39 is 11.7 Å². The predicted octanol–water partition coefficient (Wildman–Crippen LogP) is 2.94. The van der Waals surface area contributed by atoms with Crippen LogP contribution < -0.4 is 10.6 Å². The molecule has 0 aliphatic carbocycles. The maximum atomic E-state index is 13.9. The average Bonchev–Trinajstić information content (AvgIpc) is 3.14. The molecule has 0 unspecified atom stereocenters. The van der Waals surface area contributed by atoms with Crippen LogP contribution in [0.4, 0.5) is 10.1 Å². The smallest absolute Gasteiger partial charge is 0.291 e. The third-order valence-corrected chi connectivity index (χ3v) is 4.86. The molecule has 2 aromatic heterocycles. The second kappa shape index (κ2) is 8.22. The Balaban J connectivity index is 1.57. The Morgan fingerprint density at radius 2 is 1.86 bits per heavy atom. The van der Waals surface area contributed by atoms with E-state index in [0.717, 1.165) is 24.1 Å². The summed E-state index contributed by atoms with van der Waals surface area (Å²) >= 11 is 0. The zero-order valence-electron chi connectivity index (χ0n) is 15.7. The first-order valence-corrected chi connectivity index (χ1v) is 9.46. The van der Waals surface area contributed by atoms with Crippen LogP contribution in [0, 0.1) is 5.82 Å². The minimum atomic E-state index is -0.536.